The lowest BCUT2D eigenvalue weighted by molar-refractivity contribution is 0.0727. The van der Waals surface area contributed by atoms with Crippen molar-refractivity contribution in [1.29, 1.82) is 0 Å². The first-order chi connectivity index (χ1) is 13.2. The van der Waals surface area contributed by atoms with Gasteiger partial charge in [-0.3, -0.25) is 4.79 Å². The predicted octanol–water partition coefficient (Wildman–Crippen LogP) is 4.84. The number of para-hydroxylation sites is 1. The summed E-state index contributed by atoms with van der Waals surface area (Å²) < 4.78 is 5.77. The Bertz CT molecular complexity index is 919. The molecule has 1 fully saturated rings. The predicted molar refractivity (Wildman–Crippen MR) is 107 cm³/mol. The molecule has 0 unspecified atom stereocenters. The van der Waals surface area contributed by atoms with Crippen LogP contribution < -0.4 is 4.74 Å². The molecule has 0 aliphatic heterocycles. The van der Waals surface area contributed by atoms with E-state index in [1.54, 1.807) is 11.3 Å². The van der Waals surface area contributed by atoms with Gasteiger partial charge < -0.3 is 9.64 Å². The number of carbonyl (C=O) groups excluding carboxylic acids is 1. The van der Waals surface area contributed by atoms with Crippen LogP contribution in [0.2, 0.25) is 0 Å². The fourth-order valence-corrected chi connectivity index (χ4v) is 3.74. The Morgan fingerprint density at radius 1 is 1.15 bits per heavy atom. The first-order valence-corrected chi connectivity index (χ1v) is 10.1. The number of hydrogen-bond donors (Lipinski definition) is 0. The molecule has 138 valence electrons. The van der Waals surface area contributed by atoms with Crippen LogP contribution in [0, 0.1) is 6.92 Å². The van der Waals surface area contributed by atoms with Gasteiger partial charge in [-0.1, -0.05) is 36.4 Å². The molecule has 2 aromatic carbocycles. The van der Waals surface area contributed by atoms with E-state index in [2.05, 4.69) is 4.98 Å². The number of rotatable bonds is 7. The van der Waals surface area contributed by atoms with E-state index in [9.17, 15) is 4.79 Å². The zero-order chi connectivity index (χ0) is 18.6. The van der Waals surface area contributed by atoms with Crippen molar-refractivity contribution in [3.8, 4) is 5.75 Å². The molecule has 0 spiro atoms. The number of nitrogens with zero attached hydrogens (tertiary/aromatic N) is 2. The summed E-state index contributed by atoms with van der Waals surface area (Å²) in [5, 5.41) is 2.96. The molecule has 3 aromatic rings. The molecule has 1 aromatic heterocycles. The number of hydrogen-bond acceptors (Lipinski definition) is 4. The van der Waals surface area contributed by atoms with Crippen molar-refractivity contribution < 1.29 is 9.53 Å². The summed E-state index contributed by atoms with van der Waals surface area (Å²) in [6.45, 7) is 2.99. The van der Waals surface area contributed by atoms with Gasteiger partial charge in [0.25, 0.3) is 5.91 Å². The molecule has 0 N–H and O–H groups in total. The number of benzene rings is 2. The third-order valence-electron chi connectivity index (χ3n) is 4.66. The second-order valence-corrected chi connectivity index (χ2v) is 7.76. The number of aromatic nitrogens is 1. The van der Waals surface area contributed by atoms with E-state index >= 15 is 0 Å². The maximum Gasteiger partial charge on any atom is 0.254 e. The van der Waals surface area contributed by atoms with E-state index in [0.29, 0.717) is 19.2 Å². The highest BCUT2D eigenvalue weighted by Gasteiger charge is 2.33. The zero-order valence-electron chi connectivity index (χ0n) is 15.3. The average Bonchev–Trinajstić information content (AvgIpc) is 3.44. The van der Waals surface area contributed by atoms with Gasteiger partial charge in [-0.25, -0.2) is 4.98 Å². The van der Waals surface area contributed by atoms with Gasteiger partial charge in [0.05, 0.1) is 12.2 Å². The quantitative estimate of drug-likeness (QED) is 0.591. The smallest absolute Gasteiger partial charge is 0.254 e. The van der Waals surface area contributed by atoms with Crippen molar-refractivity contribution in [2.24, 2.45) is 0 Å². The van der Waals surface area contributed by atoms with Crippen molar-refractivity contribution in [1.82, 2.24) is 9.88 Å². The van der Waals surface area contributed by atoms with Gasteiger partial charge in [0.1, 0.15) is 17.4 Å². The molecule has 1 amide bonds. The minimum atomic E-state index is 0.102. The Kier molecular flexibility index (Phi) is 5.21. The topological polar surface area (TPSA) is 42.4 Å². The zero-order valence-corrected chi connectivity index (χ0v) is 16.1. The van der Waals surface area contributed by atoms with Gasteiger partial charge in [-0.15, -0.1) is 11.3 Å². The Balaban J connectivity index is 1.43. The normalized spacial score (nSPS) is 13.4. The number of thiazole rings is 1. The monoisotopic (exact) mass is 378 g/mol. The second kappa shape index (κ2) is 7.92. The summed E-state index contributed by atoms with van der Waals surface area (Å²) in [6.07, 6.45) is 2.15. The number of amides is 1. The van der Waals surface area contributed by atoms with Crippen molar-refractivity contribution in [3.05, 3.63) is 81.8 Å². The van der Waals surface area contributed by atoms with Crippen LogP contribution in [0.15, 0.2) is 60.0 Å². The Hall–Kier alpha value is -2.66. The average molecular weight is 378 g/mol. The standard InChI is InChI=1S/C22H22N2O2S/c1-16-7-5-6-10-20(16)22(25)24(18-11-12-18)13-17-15-27-21(23-17)14-26-19-8-3-2-4-9-19/h2-10,15,18H,11-14H2,1H3. The van der Waals surface area contributed by atoms with Gasteiger partial charge in [-0.2, -0.15) is 0 Å². The SMILES string of the molecule is Cc1ccccc1C(=O)N(Cc1csc(COc2ccccc2)n1)C1CC1. The third-order valence-corrected chi connectivity index (χ3v) is 5.53. The first-order valence-electron chi connectivity index (χ1n) is 9.18. The summed E-state index contributed by atoms with van der Waals surface area (Å²) in [7, 11) is 0. The molecule has 1 heterocycles. The highest BCUT2D eigenvalue weighted by atomic mass is 32.1. The van der Waals surface area contributed by atoms with Crippen LogP contribution in [0.1, 0.15) is 39.5 Å². The van der Waals surface area contributed by atoms with E-state index < -0.39 is 0 Å². The number of carbonyl (C=O) groups is 1. The molecule has 0 radical (unpaired) electrons. The second-order valence-electron chi connectivity index (χ2n) is 6.81. The van der Waals surface area contributed by atoms with E-state index in [-0.39, 0.29) is 5.91 Å². The Labute approximate surface area is 163 Å². The van der Waals surface area contributed by atoms with Crippen LogP contribution in [0.5, 0.6) is 5.75 Å². The van der Waals surface area contributed by atoms with Crippen LogP contribution in [0.4, 0.5) is 0 Å². The summed E-state index contributed by atoms with van der Waals surface area (Å²) >= 11 is 1.58. The summed E-state index contributed by atoms with van der Waals surface area (Å²) in [5.74, 6) is 0.939. The summed E-state index contributed by atoms with van der Waals surface area (Å²) in [6, 6.07) is 17.9. The molecule has 5 heteroatoms. The summed E-state index contributed by atoms with van der Waals surface area (Å²) in [5.41, 5.74) is 2.73. The molecule has 0 saturated heterocycles. The molecule has 1 saturated carbocycles. The van der Waals surface area contributed by atoms with Crippen LogP contribution in [-0.4, -0.2) is 21.8 Å². The molecule has 27 heavy (non-hydrogen) atoms. The lowest BCUT2D eigenvalue weighted by Crippen LogP contribution is -2.33. The lowest BCUT2D eigenvalue weighted by Gasteiger charge is -2.22. The minimum absolute atomic E-state index is 0.102. The van der Waals surface area contributed by atoms with Crippen molar-refractivity contribution in [2.45, 2.75) is 39.0 Å². The summed E-state index contributed by atoms with van der Waals surface area (Å²) in [4.78, 5) is 19.7. The molecule has 4 rings (SSSR count). The van der Waals surface area contributed by atoms with Crippen molar-refractivity contribution in [3.63, 3.8) is 0 Å². The molecule has 4 nitrogen and oxygen atoms in total. The minimum Gasteiger partial charge on any atom is -0.486 e. The molecular weight excluding hydrogens is 356 g/mol. The molecule has 0 bridgehead atoms. The lowest BCUT2D eigenvalue weighted by atomic mass is 10.1. The van der Waals surface area contributed by atoms with Crippen LogP contribution in [0.3, 0.4) is 0 Å². The Morgan fingerprint density at radius 3 is 2.63 bits per heavy atom. The third kappa shape index (κ3) is 4.37. The fourth-order valence-electron chi connectivity index (χ4n) is 3.04. The maximum atomic E-state index is 13.0. The highest BCUT2D eigenvalue weighted by Crippen LogP contribution is 2.30. The van der Waals surface area contributed by atoms with Crippen molar-refractivity contribution in [2.75, 3.05) is 0 Å². The maximum absolute atomic E-state index is 13.0. The van der Waals surface area contributed by atoms with Gasteiger partial charge in [0.2, 0.25) is 0 Å². The molecular formula is C22H22N2O2S. The van der Waals surface area contributed by atoms with E-state index in [1.807, 2.05) is 71.8 Å². The van der Waals surface area contributed by atoms with Gasteiger partial charge >= 0.3 is 0 Å². The van der Waals surface area contributed by atoms with Crippen LogP contribution in [-0.2, 0) is 13.2 Å². The van der Waals surface area contributed by atoms with E-state index in [1.165, 1.54) is 0 Å². The molecule has 0 atom stereocenters. The van der Waals surface area contributed by atoms with Crippen molar-refractivity contribution >= 4 is 17.2 Å². The largest absolute Gasteiger partial charge is 0.486 e. The van der Waals surface area contributed by atoms with Gasteiger partial charge in [0.15, 0.2) is 0 Å². The van der Waals surface area contributed by atoms with E-state index in [4.69, 9.17) is 4.74 Å². The number of aryl methyl sites for hydroxylation is 1. The number of ether oxygens (including phenoxy) is 1. The Morgan fingerprint density at radius 2 is 1.89 bits per heavy atom. The highest BCUT2D eigenvalue weighted by molar-refractivity contribution is 7.09. The van der Waals surface area contributed by atoms with Crippen LogP contribution in [0.25, 0.3) is 0 Å². The van der Waals surface area contributed by atoms with Gasteiger partial charge in [0, 0.05) is 17.0 Å². The van der Waals surface area contributed by atoms with E-state index in [0.717, 1.165) is 40.4 Å². The first kappa shape index (κ1) is 17.7. The van der Waals surface area contributed by atoms with Crippen LogP contribution >= 0.6 is 11.3 Å². The fraction of sp³-hybridized carbons (Fsp3) is 0.273. The molecule has 1 aliphatic carbocycles. The molecule has 1 aliphatic rings. The van der Waals surface area contributed by atoms with Gasteiger partial charge in [-0.05, 0) is 43.5 Å².